The van der Waals surface area contributed by atoms with Gasteiger partial charge in [0.05, 0.1) is 17.5 Å². The largest absolute Gasteiger partial charge is 0.340 e. The molecule has 0 radical (unpaired) electrons. The van der Waals surface area contributed by atoms with Crippen molar-refractivity contribution in [3.8, 4) is 0 Å². The summed E-state index contributed by atoms with van der Waals surface area (Å²) in [5.41, 5.74) is 0.340. The van der Waals surface area contributed by atoms with Crippen LogP contribution in [0.5, 0.6) is 0 Å². The number of rotatable bonds is 5. The number of nitrogens with zero attached hydrogens (tertiary/aromatic N) is 2. The molecule has 24 heavy (non-hydrogen) atoms. The van der Waals surface area contributed by atoms with Crippen molar-refractivity contribution in [3.63, 3.8) is 0 Å². The number of carbonyl (C=O) groups excluding carboxylic acids is 1. The molecule has 0 saturated carbocycles. The number of amides is 1. The van der Waals surface area contributed by atoms with E-state index in [4.69, 9.17) is 11.6 Å². The molecule has 5 nitrogen and oxygen atoms in total. The Balaban J connectivity index is 2.04. The van der Waals surface area contributed by atoms with Crippen LogP contribution in [0.25, 0.3) is 0 Å². The van der Waals surface area contributed by atoms with Crippen LogP contribution < -0.4 is 0 Å². The Hall–Kier alpha value is -1.18. The van der Waals surface area contributed by atoms with Gasteiger partial charge in [0.15, 0.2) is 9.84 Å². The monoisotopic (exact) mass is 376 g/mol. The van der Waals surface area contributed by atoms with E-state index in [1.54, 1.807) is 32.0 Å². The molecule has 1 aromatic rings. The lowest BCUT2D eigenvalue weighted by Crippen LogP contribution is -2.48. The van der Waals surface area contributed by atoms with Gasteiger partial charge in [-0.05, 0) is 32.5 Å². The molecular formula is C16H22ClFN2O3S. The highest BCUT2D eigenvalue weighted by Crippen LogP contribution is 2.22. The minimum atomic E-state index is -3.05. The summed E-state index contributed by atoms with van der Waals surface area (Å²) in [5.74, 6) is -0.480. The highest BCUT2D eigenvalue weighted by Gasteiger charge is 2.34. The summed E-state index contributed by atoms with van der Waals surface area (Å²) in [6.07, 6.45) is 0.458. The van der Waals surface area contributed by atoms with E-state index in [0.29, 0.717) is 17.0 Å². The summed E-state index contributed by atoms with van der Waals surface area (Å²) in [6, 6.07) is 3.65. The Kier molecular flexibility index (Phi) is 5.88. The van der Waals surface area contributed by atoms with Gasteiger partial charge in [-0.3, -0.25) is 9.69 Å². The molecule has 1 fully saturated rings. The Labute approximate surface area is 147 Å². The summed E-state index contributed by atoms with van der Waals surface area (Å²) in [5, 5.41) is 0.316. The normalized spacial score (nSPS) is 21.0. The van der Waals surface area contributed by atoms with Gasteiger partial charge in [0.2, 0.25) is 5.91 Å². The van der Waals surface area contributed by atoms with Crippen LogP contribution in [0, 0.1) is 5.82 Å². The molecule has 0 aromatic heterocycles. The Morgan fingerprint density at radius 3 is 2.62 bits per heavy atom. The maximum Gasteiger partial charge on any atom is 0.239 e. The molecule has 2 atom stereocenters. The van der Waals surface area contributed by atoms with Crippen LogP contribution in [0.3, 0.4) is 0 Å². The predicted octanol–water partition coefficient (Wildman–Crippen LogP) is 1.94. The quantitative estimate of drug-likeness (QED) is 0.788. The fourth-order valence-corrected chi connectivity index (χ4v) is 4.81. The summed E-state index contributed by atoms with van der Waals surface area (Å²) >= 11 is 6.03. The van der Waals surface area contributed by atoms with Gasteiger partial charge in [0.1, 0.15) is 5.82 Å². The van der Waals surface area contributed by atoms with Crippen LogP contribution in [-0.2, 0) is 21.2 Å². The number of benzene rings is 1. The second-order valence-electron chi connectivity index (χ2n) is 6.30. The molecule has 134 valence electrons. The second kappa shape index (κ2) is 7.37. The van der Waals surface area contributed by atoms with Gasteiger partial charge in [-0.25, -0.2) is 12.8 Å². The first-order valence-corrected chi connectivity index (χ1v) is 9.92. The fraction of sp³-hybridized carbons (Fsp3) is 0.562. The third-order valence-corrected chi connectivity index (χ3v) is 6.70. The topological polar surface area (TPSA) is 57.7 Å². The lowest BCUT2D eigenvalue weighted by atomic mass is 10.1. The molecule has 0 bridgehead atoms. The van der Waals surface area contributed by atoms with Crippen molar-refractivity contribution in [2.45, 2.75) is 32.0 Å². The second-order valence-corrected chi connectivity index (χ2v) is 8.93. The van der Waals surface area contributed by atoms with Crippen LogP contribution in [0.2, 0.25) is 5.02 Å². The highest BCUT2D eigenvalue weighted by molar-refractivity contribution is 7.91. The molecule has 1 aromatic carbocycles. The van der Waals surface area contributed by atoms with Crippen LogP contribution in [0.1, 0.15) is 18.9 Å². The summed E-state index contributed by atoms with van der Waals surface area (Å²) < 4.78 is 37.1. The minimum Gasteiger partial charge on any atom is -0.340 e. The summed E-state index contributed by atoms with van der Waals surface area (Å²) in [6.45, 7) is 1.91. The van der Waals surface area contributed by atoms with Crippen molar-refractivity contribution in [3.05, 3.63) is 34.6 Å². The third-order valence-electron chi connectivity index (χ3n) is 4.59. The van der Waals surface area contributed by atoms with Crippen molar-refractivity contribution in [2.75, 3.05) is 25.6 Å². The number of likely N-dealkylation sites (N-methyl/N-ethyl adjacent to an activating group) is 2. The number of hydrogen-bond acceptors (Lipinski definition) is 4. The molecule has 1 aliphatic heterocycles. The average Bonchev–Trinajstić information content (AvgIpc) is 2.88. The van der Waals surface area contributed by atoms with Gasteiger partial charge in [0, 0.05) is 30.2 Å². The SMILES string of the molecule is CC(C(=O)N(C)C1CCS(=O)(=O)C1)N(C)Cc1c(F)cccc1Cl. The van der Waals surface area contributed by atoms with Gasteiger partial charge in [-0.1, -0.05) is 17.7 Å². The molecular weight excluding hydrogens is 355 g/mol. The molecule has 0 aliphatic carbocycles. The summed E-state index contributed by atoms with van der Waals surface area (Å²) in [4.78, 5) is 15.8. The molecule has 8 heteroatoms. The zero-order valence-corrected chi connectivity index (χ0v) is 15.6. The molecule has 1 saturated heterocycles. The molecule has 2 unspecified atom stereocenters. The van der Waals surface area contributed by atoms with Crippen molar-refractivity contribution in [2.24, 2.45) is 0 Å². The van der Waals surface area contributed by atoms with Gasteiger partial charge < -0.3 is 4.90 Å². The first-order valence-electron chi connectivity index (χ1n) is 7.72. The van der Waals surface area contributed by atoms with Crippen molar-refractivity contribution < 1.29 is 17.6 Å². The highest BCUT2D eigenvalue weighted by atomic mass is 35.5. The van der Waals surface area contributed by atoms with Crippen LogP contribution in [-0.4, -0.2) is 61.8 Å². The number of halogens is 2. The summed E-state index contributed by atoms with van der Waals surface area (Å²) in [7, 11) is 0.278. The lowest BCUT2D eigenvalue weighted by molar-refractivity contribution is -0.136. The van der Waals surface area contributed by atoms with Crippen LogP contribution in [0.4, 0.5) is 4.39 Å². The van der Waals surface area contributed by atoms with Gasteiger partial charge in [-0.15, -0.1) is 0 Å². The van der Waals surface area contributed by atoms with Gasteiger partial charge in [0.25, 0.3) is 0 Å². The number of carbonyl (C=O) groups is 1. The van der Waals surface area contributed by atoms with E-state index in [9.17, 15) is 17.6 Å². The van der Waals surface area contributed by atoms with E-state index in [-0.39, 0.29) is 30.0 Å². The Morgan fingerprint density at radius 2 is 2.08 bits per heavy atom. The maximum absolute atomic E-state index is 13.9. The standard InChI is InChI=1S/C16H22ClFN2O3S/c1-11(16(21)20(3)12-7-8-24(22,23)10-12)19(2)9-13-14(17)5-4-6-15(13)18/h4-6,11-12H,7-10H2,1-3H3. The first kappa shape index (κ1) is 19.1. The maximum atomic E-state index is 13.9. The number of hydrogen-bond donors (Lipinski definition) is 0. The zero-order chi connectivity index (χ0) is 18.1. The van der Waals surface area contributed by atoms with Gasteiger partial charge in [-0.2, -0.15) is 0 Å². The molecule has 0 N–H and O–H groups in total. The fourth-order valence-electron chi connectivity index (χ4n) is 2.81. The van der Waals surface area contributed by atoms with Crippen molar-refractivity contribution in [1.29, 1.82) is 0 Å². The smallest absolute Gasteiger partial charge is 0.239 e. The van der Waals surface area contributed by atoms with E-state index in [0.717, 1.165) is 0 Å². The minimum absolute atomic E-state index is 0.00478. The predicted molar refractivity (Wildman–Crippen MR) is 92.2 cm³/mol. The molecule has 0 spiro atoms. The Bertz CT molecular complexity index is 706. The van der Waals surface area contributed by atoms with E-state index in [1.807, 2.05) is 0 Å². The van der Waals surface area contributed by atoms with E-state index in [1.165, 1.54) is 17.0 Å². The lowest BCUT2D eigenvalue weighted by Gasteiger charge is -2.31. The third kappa shape index (κ3) is 4.26. The molecule has 2 rings (SSSR count). The molecule has 1 amide bonds. The molecule has 1 aliphatic rings. The van der Waals surface area contributed by atoms with Crippen LogP contribution >= 0.6 is 11.6 Å². The first-order chi connectivity index (χ1) is 11.1. The van der Waals surface area contributed by atoms with Gasteiger partial charge >= 0.3 is 0 Å². The van der Waals surface area contributed by atoms with E-state index < -0.39 is 21.7 Å². The van der Waals surface area contributed by atoms with E-state index >= 15 is 0 Å². The van der Waals surface area contributed by atoms with Crippen molar-refractivity contribution in [1.82, 2.24) is 9.80 Å². The van der Waals surface area contributed by atoms with Crippen molar-refractivity contribution >= 4 is 27.3 Å². The average molecular weight is 377 g/mol. The number of sulfone groups is 1. The Morgan fingerprint density at radius 1 is 1.42 bits per heavy atom. The zero-order valence-electron chi connectivity index (χ0n) is 14.0. The van der Waals surface area contributed by atoms with Crippen LogP contribution in [0.15, 0.2) is 18.2 Å². The molecule has 1 heterocycles. The van der Waals surface area contributed by atoms with E-state index in [2.05, 4.69) is 0 Å².